The molecule has 3 heterocycles. The van der Waals surface area contributed by atoms with Crippen LogP contribution in [0.5, 0.6) is 5.75 Å². The fourth-order valence-corrected chi connectivity index (χ4v) is 3.81. The van der Waals surface area contributed by atoms with Crippen LogP contribution in [0.1, 0.15) is 21.5 Å². The van der Waals surface area contributed by atoms with Crippen LogP contribution in [0.2, 0.25) is 5.02 Å². The lowest BCUT2D eigenvalue weighted by Crippen LogP contribution is -2.09. The predicted molar refractivity (Wildman–Crippen MR) is 122 cm³/mol. The predicted octanol–water partition coefficient (Wildman–Crippen LogP) is 6.01. The van der Waals surface area contributed by atoms with Gasteiger partial charge in [-0.1, -0.05) is 41.9 Å². The monoisotopic (exact) mass is 461 g/mol. The number of hydrogen-bond donors (Lipinski definition) is 1. The molecule has 0 aliphatic heterocycles. The Balaban J connectivity index is 1.40. The molecule has 2 aromatic carbocycles. The smallest absolute Gasteiger partial charge is 0.181 e. The summed E-state index contributed by atoms with van der Waals surface area (Å²) in [6.45, 7) is 0.170. The van der Waals surface area contributed by atoms with Gasteiger partial charge >= 0.3 is 0 Å². The topological polar surface area (TPSA) is 81.0 Å². The molecular weight excluding hydrogens is 445 g/mol. The molecule has 0 saturated heterocycles. The van der Waals surface area contributed by atoms with E-state index in [9.17, 15) is 4.79 Å². The van der Waals surface area contributed by atoms with Crippen LogP contribution >= 0.6 is 11.6 Å². The van der Waals surface area contributed by atoms with Gasteiger partial charge in [0, 0.05) is 12.6 Å². The van der Waals surface area contributed by atoms with Gasteiger partial charge in [0.1, 0.15) is 12.3 Å². The summed E-state index contributed by atoms with van der Waals surface area (Å²) in [5, 5.41) is 7.77. The number of H-pyrrole nitrogens is 1. The molecule has 0 fully saturated rings. The number of rotatable bonds is 7. The molecule has 6 nitrogen and oxygen atoms in total. The van der Waals surface area contributed by atoms with Gasteiger partial charge in [-0.05, 0) is 41.5 Å². The maximum atomic E-state index is 15.2. The standard InChI is InChI=1S/C25H17ClFN3O3/c26-18-8-9-20(33-14-15-5-2-1-3-6-15)23(27)22(18)19(31)12-16-11-17-24(21-7-4-10-32-21)29-30-25(17)28-13-16/h1-11,13H,12,14H2,(H,28,29,30). The molecule has 0 amide bonds. The van der Waals surface area contributed by atoms with Gasteiger partial charge in [-0.2, -0.15) is 5.10 Å². The number of carbonyl (C=O) groups excluding carboxylic acids is 1. The number of benzene rings is 2. The zero-order valence-electron chi connectivity index (χ0n) is 17.2. The highest BCUT2D eigenvalue weighted by atomic mass is 35.5. The van der Waals surface area contributed by atoms with Crippen molar-refractivity contribution in [2.75, 3.05) is 0 Å². The summed E-state index contributed by atoms with van der Waals surface area (Å²) < 4.78 is 26.2. The van der Waals surface area contributed by atoms with Crippen molar-refractivity contribution in [3.8, 4) is 17.2 Å². The third-order valence-electron chi connectivity index (χ3n) is 5.17. The highest BCUT2D eigenvalue weighted by Crippen LogP contribution is 2.30. The number of nitrogens with one attached hydrogen (secondary N) is 1. The lowest BCUT2D eigenvalue weighted by molar-refractivity contribution is 0.0988. The molecule has 0 unspecified atom stereocenters. The largest absolute Gasteiger partial charge is 0.486 e. The van der Waals surface area contributed by atoms with Gasteiger partial charge in [-0.25, -0.2) is 9.37 Å². The molecule has 33 heavy (non-hydrogen) atoms. The zero-order valence-corrected chi connectivity index (χ0v) is 18.0. The van der Waals surface area contributed by atoms with E-state index in [1.807, 2.05) is 30.3 Å². The molecule has 0 spiro atoms. The molecule has 5 rings (SSSR count). The number of aromatic nitrogens is 3. The SMILES string of the molecule is O=C(Cc1cnc2n[nH]c(-c3ccco3)c2c1)c1c(Cl)ccc(OCc2ccccc2)c1F. The number of hydrogen-bond acceptors (Lipinski definition) is 5. The first-order valence-electron chi connectivity index (χ1n) is 10.1. The van der Waals surface area contributed by atoms with Gasteiger partial charge in [-0.15, -0.1) is 0 Å². The van der Waals surface area contributed by atoms with Crippen molar-refractivity contribution in [2.45, 2.75) is 13.0 Å². The molecule has 3 aromatic heterocycles. The number of ketones is 1. The van der Waals surface area contributed by atoms with Crippen LogP contribution in [0.25, 0.3) is 22.5 Å². The van der Waals surface area contributed by atoms with Crippen LogP contribution in [0.3, 0.4) is 0 Å². The fourth-order valence-electron chi connectivity index (χ4n) is 3.56. The van der Waals surface area contributed by atoms with Crippen LogP contribution in [0, 0.1) is 5.82 Å². The Kier molecular flexibility index (Phi) is 5.62. The zero-order chi connectivity index (χ0) is 22.8. The molecule has 5 aromatic rings. The van der Waals surface area contributed by atoms with Crippen molar-refractivity contribution in [3.05, 3.63) is 101 Å². The van der Waals surface area contributed by atoms with Crippen molar-refractivity contribution in [2.24, 2.45) is 0 Å². The highest BCUT2D eigenvalue weighted by molar-refractivity contribution is 6.34. The Morgan fingerprint density at radius 2 is 1.94 bits per heavy atom. The second-order valence-electron chi connectivity index (χ2n) is 7.40. The van der Waals surface area contributed by atoms with Crippen molar-refractivity contribution in [1.29, 1.82) is 0 Å². The second kappa shape index (κ2) is 8.88. The van der Waals surface area contributed by atoms with Crippen LogP contribution in [-0.2, 0) is 13.0 Å². The lowest BCUT2D eigenvalue weighted by atomic mass is 10.0. The van der Waals surface area contributed by atoms with Gasteiger partial charge in [0.2, 0.25) is 0 Å². The summed E-state index contributed by atoms with van der Waals surface area (Å²) in [5.41, 5.74) is 2.40. The van der Waals surface area contributed by atoms with E-state index in [1.54, 1.807) is 24.5 Å². The Labute approximate surface area is 193 Å². The third kappa shape index (κ3) is 4.23. The van der Waals surface area contributed by atoms with Crippen LogP contribution in [0.15, 0.2) is 77.5 Å². The van der Waals surface area contributed by atoms with E-state index in [1.165, 1.54) is 18.3 Å². The average Bonchev–Trinajstić information content (AvgIpc) is 3.49. The molecule has 0 bridgehead atoms. The lowest BCUT2D eigenvalue weighted by Gasteiger charge is -2.11. The summed E-state index contributed by atoms with van der Waals surface area (Å²) in [4.78, 5) is 17.3. The molecule has 8 heteroatoms. The molecule has 1 N–H and O–H groups in total. The number of pyridine rings is 1. The number of aromatic amines is 1. The molecule has 0 atom stereocenters. The number of Topliss-reactive ketones (excluding diaryl/α,β-unsaturated/α-hetero) is 1. The summed E-state index contributed by atoms with van der Waals surface area (Å²) in [5.74, 6) is -0.695. The summed E-state index contributed by atoms with van der Waals surface area (Å²) >= 11 is 6.19. The van der Waals surface area contributed by atoms with Gasteiger partial charge in [-0.3, -0.25) is 9.89 Å². The normalized spacial score (nSPS) is 11.1. The van der Waals surface area contributed by atoms with E-state index >= 15 is 4.39 Å². The first kappa shape index (κ1) is 20.9. The minimum Gasteiger partial charge on any atom is -0.486 e. The van der Waals surface area contributed by atoms with Crippen LogP contribution < -0.4 is 4.74 Å². The number of carbonyl (C=O) groups is 1. The molecule has 0 aliphatic rings. The Bertz CT molecular complexity index is 1430. The molecule has 0 radical (unpaired) electrons. The van der Waals surface area contributed by atoms with Crippen molar-refractivity contribution < 1.29 is 18.3 Å². The number of halogens is 2. The molecule has 0 saturated carbocycles. The first-order chi connectivity index (χ1) is 16.1. The molecule has 0 aliphatic carbocycles. The van der Waals surface area contributed by atoms with E-state index in [0.29, 0.717) is 28.1 Å². The van der Waals surface area contributed by atoms with E-state index in [0.717, 1.165) is 5.56 Å². The van der Waals surface area contributed by atoms with E-state index in [-0.39, 0.29) is 29.4 Å². The average molecular weight is 462 g/mol. The Hall–Kier alpha value is -3.97. The van der Waals surface area contributed by atoms with Gasteiger partial charge in [0.05, 0.1) is 22.2 Å². The number of nitrogens with zero attached hydrogens (tertiary/aromatic N) is 2. The van der Waals surface area contributed by atoms with Crippen LogP contribution in [-0.4, -0.2) is 21.0 Å². The number of furan rings is 1. The van der Waals surface area contributed by atoms with Gasteiger partial charge < -0.3 is 9.15 Å². The van der Waals surface area contributed by atoms with Crippen molar-refractivity contribution >= 4 is 28.4 Å². The van der Waals surface area contributed by atoms with Crippen LogP contribution in [0.4, 0.5) is 4.39 Å². The van der Waals surface area contributed by atoms with Gasteiger partial charge in [0.25, 0.3) is 0 Å². The Morgan fingerprint density at radius 1 is 1.09 bits per heavy atom. The minimum atomic E-state index is -0.781. The first-order valence-corrected chi connectivity index (χ1v) is 10.5. The molecule has 164 valence electrons. The molecular formula is C25H17ClFN3O3. The number of ether oxygens (including phenoxy) is 1. The van der Waals surface area contributed by atoms with E-state index in [2.05, 4.69) is 15.2 Å². The van der Waals surface area contributed by atoms with E-state index in [4.69, 9.17) is 20.8 Å². The van der Waals surface area contributed by atoms with Gasteiger partial charge in [0.15, 0.2) is 28.8 Å². The minimum absolute atomic E-state index is 0.0261. The number of fused-ring (bicyclic) bond motifs is 1. The third-order valence-corrected chi connectivity index (χ3v) is 5.49. The quantitative estimate of drug-likeness (QED) is 0.300. The Morgan fingerprint density at radius 3 is 2.73 bits per heavy atom. The maximum absolute atomic E-state index is 15.2. The second-order valence-corrected chi connectivity index (χ2v) is 7.81. The van der Waals surface area contributed by atoms with E-state index < -0.39 is 11.6 Å². The summed E-state index contributed by atoms with van der Waals surface area (Å²) in [7, 11) is 0. The summed E-state index contributed by atoms with van der Waals surface area (Å²) in [6, 6.07) is 17.6. The van der Waals surface area contributed by atoms with Crippen molar-refractivity contribution in [3.63, 3.8) is 0 Å². The highest BCUT2D eigenvalue weighted by Gasteiger charge is 2.21. The fraction of sp³-hybridized carbons (Fsp3) is 0.0800. The van der Waals surface area contributed by atoms with Crippen molar-refractivity contribution in [1.82, 2.24) is 15.2 Å². The maximum Gasteiger partial charge on any atom is 0.181 e. The summed E-state index contributed by atoms with van der Waals surface area (Å²) in [6.07, 6.45) is 3.00.